The number of nitrogens with zero attached hydrogens (tertiary/aromatic N) is 1. The summed E-state index contributed by atoms with van der Waals surface area (Å²) in [4.78, 5) is 4.33. The molecule has 2 rings (SSSR count). The molecule has 5 nitrogen and oxygen atoms in total. The van der Waals surface area contributed by atoms with E-state index in [1.165, 1.54) is 6.07 Å². The highest BCUT2D eigenvalue weighted by atomic mass is 32.2. The second-order valence-electron chi connectivity index (χ2n) is 4.15. The van der Waals surface area contributed by atoms with E-state index in [9.17, 15) is 8.42 Å². The monoisotopic (exact) mass is 277 g/mol. The summed E-state index contributed by atoms with van der Waals surface area (Å²) in [7, 11) is -3.69. The molecule has 0 spiro atoms. The fourth-order valence-electron chi connectivity index (χ4n) is 1.80. The van der Waals surface area contributed by atoms with E-state index in [-0.39, 0.29) is 4.90 Å². The molecule has 0 amide bonds. The minimum absolute atomic E-state index is 0.138. The van der Waals surface area contributed by atoms with Crippen molar-refractivity contribution in [2.75, 3.05) is 5.32 Å². The summed E-state index contributed by atoms with van der Waals surface area (Å²) in [5, 5.41) is 8.33. The first-order chi connectivity index (χ1) is 8.98. The molecular formula is C13H15N3O2S. The van der Waals surface area contributed by atoms with Gasteiger partial charge in [0.1, 0.15) is 0 Å². The van der Waals surface area contributed by atoms with Gasteiger partial charge in [-0.25, -0.2) is 13.6 Å². The van der Waals surface area contributed by atoms with Crippen molar-refractivity contribution in [3.05, 3.63) is 53.9 Å². The minimum Gasteiger partial charge on any atom is -0.379 e. The number of hydrogen-bond donors (Lipinski definition) is 2. The van der Waals surface area contributed by atoms with Gasteiger partial charge in [-0.1, -0.05) is 12.1 Å². The van der Waals surface area contributed by atoms with E-state index >= 15 is 0 Å². The third-order valence-electron chi connectivity index (χ3n) is 2.78. The Labute approximate surface area is 112 Å². The van der Waals surface area contributed by atoms with Crippen LogP contribution in [0.4, 0.5) is 5.69 Å². The van der Waals surface area contributed by atoms with Gasteiger partial charge in [-0.05, 0) is 36.8 Å². The number of aromatic nitrogens is 1. The molecule has 0 saturated carbocycles. The van der Waals surface area contributed by atoms with Crippen LogP contribution in [0.2, 0.25) is 0 Å². The molecule has 0 saturated heterocycles. The molecule has 100 valence electrons. The standard InChI is InChI=1S/C13H15N3O2S/c1-10-12(6-4-7-13(10)19(14,17)18)16-9-11-5-2-3-8-15-11/h2-8,16H,9H2,1H3,(H2,14,17,18). The van der Waals surface area contributed by atoms with Crippen molar-refractivity contribution in [2.24, 2.45) is 5.14 Å². The van der Waals surface area contributed by atoms with Gasteiger partial charge in [0.2, 0.25) is 10.0 Å². The van der Waals surface area contributed by atoms with Gasteiger partial charge in [-0.15, -0.1) is 0 Å². The molecule has 1 heterocycles. The van der Waals surface area contributed by atoms with Crippen molar-refractivity contribution in [1.82, 2.24) is 4.98 Å². The molecule has 1 aromatic carbocycles. The Morgan fingerprint density at radius 3 is 2.63 bits per heavy atom. The quantitative estimate of drug-likeness (QED) is 0.889. The van der Waals surface area contributed by atoms with Gasteiger partial charge in [0.25, 0.3) is 0 Å². The predicted octanol–water partition coefficient (Wildman–Crippen LogP) is 1.65. The maximum Gasteiger partial charge on any atom is 0.238 e. The first kappa shape index (κ1) is 13.5. The smallest absolute Gasteiger partial charge is 0.238 e. The van der Waals surface area contributed by atoms with Crippen molar-refractivity contribution in [2.45, 2.75) is 18.4 Å². The van der Waals surface area contributed by atoms with Gasteiger partial charge in [-0.2, -0.15) is 0 Å². The van der Waals surface area contributed by atoms with Crippen molar-refractivity contribution in [1.29, 1.82) is 0 Å². The van der Waals surface area contributed by atoms with E-state index in [1.54, 1.807) is 19.2 Å². The molecule has 3 N–H and O–H groups in total. The fourth-order valence-corrected chi connectivity index (χ4v) is 2.61. The number of nitrogens with two attached hydrogens (primary N) is 1. The molecule has 0 unspecified atom stereocenters. The largest absolute Gasteiger partial charge is 0.379 e. The maximum absolute atomic E-state index is 11.4. The fraction of sp³-hybridized carbons (Fsp3) is 0.154. The van der Waals surface area contributed by atoms with Crippen molar-refractivity contribution in [3.8, 4) is 0 Å². The highest BCUT2D eigenvalue weighted by Gasteiger charge is 2.13. The molecule has 0 radical (unpaired) electrons. The second kappa shape index (κ2) is 5.38. The lowest BCUT2D eigenvalue weighted by Crippen LogP contribution is -2.14. The average molecular weight is 277 g/mol. The van der Waals surface area contributed by atoms with Crippen LogP contribution in [-0.2, 0) is 16.6 Å². The summed E-state index contributed by atoms with van der Waals surface area (Å²) in [6.07, 6.45) is 1.71. The summed E-state index contributed by atoms with van der Waals surface area (Å²) in [6, 6.07) is 10.6. The number of pyridine rings is 1. The molecule has 1 aromatic heterocycles. The first-order valence-corrected chi connectivity index (χ1v) is 7.29. The van der Waals surface area contributed by atoms with Gasteiger partial charge < -0.3 is 5.32 Å². The summed E-state index contributed by atoms with van der Waals surface area (Å²) in [5.74, 6) is 0. The SMILES string of the molecule is Cc1c(NCc2ccccn2)cccc1S(N)(=O)=O. The minimum atomic E-state index is -3.69. The Morgan fingerprint density at radius 1 is 1.21 bits per heavy atom. The zero-order chi connectivity index (χ0) is 13.9. The summed E-state index contributed by atoms with van der Waals surface area (Å²) in [6.45, 7) is 2.25. The Hall–Kier alpha value is -1.92. The van der Waals surface area contributed by atoms with Gasteiger partial charge >= 0.3 is 0 Å². The Balaban J connectivity index is 2.23. The van der Waals surface area contributed by atoms with Crippen LogP contribution in [0.15, 0.2) is 47.5 Å². The number of rotatable bonds is 4. The number of nitrogens with one attached hydrogen (secondary N) is 1. The normalized spacial score (nSPS) is 11.3. The molecule has 0 bridgehead atoms. The van der Waals surface area contributed by atoms with Crippen LogP contribution in [0, 0.1) is 6.92 Å². The van der Waals surface area contributed by atoms with Crippen LogP contribution in [-0.4, -0.2) is 13.4 Å². The van der Waals surface area contributed by atoms with E-state index < -0.39 is 10.0 Å². The lowest BCUT2D eigenvalue weighted by atomic mass is 10.2. The van der Waals surface area contributed by atoms with E-state index in [0.717, 1.165) is 11.4 Å². The van der Waals surface area contributed by atoms with E-state index in [4.69, 9.17) is 5.14 Å². The van der Waals surface area contributed by atoms with Gasteiger partial charge in [0.05, 0.1) is 17.1 Å². The Kier molecular flexibility index (Phi) is 3.82. The summed E-state index contributed by atoms with van der Waals surface area (Å²) >= 11 is 0. The van der Waals surface area contributed by atoms with Crippen molar-refractivity contribution in [3.63, 3.8) is 0 Å². The van der Waals surface area contributed by atoms with Gasteiger partial charge in [0, 0.05) is 11.9 Å². The third-order valence-corrected chi connectivity index (χ3v) is 3.83. The molecule has 0 aliphatic rings. The third kappa shape index (κ3) is 3.30. The predicted molar refractivity (Wildman–Crippen MR) is 74.1 cm³/mol. The van der Waals surface area contributed by atoms with Crippen molar-refractivity contribution >= 4 is 15.7 Å². The highest BCUT2D eigenvalue weighted by molar-refractivity contribution is 7.89. The van der Waals surface area contributed by atoms with Crippen molar-refractivity contribution < 1.29 is 8.42 Å². The molecule has 0 fully saturated rings. The zero-order valence-electron chi connectivity index (χ0n) is 10.5. The molecular weight excluding hydrogens is 262 g/mol. The highest BCUT2D eigenvalue weighted by Crippen LogP contribution is 2.22. The number of benzene rings is 1. The second-order valence-corrected chi connectivity index (χ2v) is 5.68. The average Bonchev–Trinajstić information content (AvgIpc) is 2.37. The van der Waals surface area contributed by atoms with Crippen LogP contribution in [0.1, 0.15) is 11.3 Å². The Bertz CT molecular complexity index is 670. The van der Waals surface area contributed by atoms with Gasteiger partial charge in [-0.3, -0.25) is 4.98 Å². The molecule has 0 aliphatic carbocycles. The summed E-state index contributed by atoms with van der Waals surface area (Å²) < 4.78 is 22.8. The van der Waals surface area contributed by atoms with Crippen LogP contribution in [0.5, 0.6) is 0 Å². The number of primary sulfonamides is 1. The number of anilines is 1. The topological polar surface area (TPSA) is 85.1 Å². The van der Waals surface area contributed by atoms with Crippen LogP contribution in [0.25, 0.3) is 0 Å². The lowest BCUT2D eigenvalue weighted by molar-refractivity contribution is 0.597. The molecule has 0 atom stereocenters. The number of sulfonamides is 1. The first-order valence-electron chi connectivity index (χ1n) is 5.74. The lowest BCUT2D eigenvalue weighted by Gasteiger charge is -2.11. The van der Waals surface area contributed by atoms with E-state index in [0.29, 0.717) is 12.1 Å². The molecule has 19 heavy (non-hydrogen) atoms. The Morgan fingerprint density at radius 2 is 2.00 bits per heavy atom. The molecule has 0 aliphatic heterocycles. The van der Waals surface area contributed by atoms with Gasteiger partial charge in [0.15, 0.2) is 0 Å². The molecule has 2 aromatic rings. The van der Waals surface area contributed by atoms with Crippen LogP contribution >= 0.6 is 0 Å². The van der Waals surface area contributed by atoms with Crippen LogP contribution in [0.3, 0.4) is 0 Å². The maximum atomic E-state index is 11.4. The molecule has 6 heteroatoms. The van der Waals surface area contributed by atoms with E-state index in [1.807, 2.05) is 24.3 Å². The zero-order valence-corrected chi connectivity index (χ0v) is 11.3. The summed E-state index contributed by atoms with van der Waals surface area (Å²) in [5.41, 5.74) is 2.22. The van der Waals surface area contributed by atoms with E-state index in [2.05, 4.69) is 10.3 Å². The number of hydrogen-bond acceptors (Lipinski definition) is 4. The van der Waals surface area contributed by atoms with Crippen LogP contribution < -0.4 is 10.5 Å².